The second-order valence-electron chi connectivity index (χ2n) is 5.57. The highest BCUT2D eigenvalue weighted by atomic mass is 32.1. The summed E-state index contributed by atoms with van der Waals surface area (Å²) < 4.78 is 1.17. The van der Waals surface area contributed by atoms with E-state index in [2.05, 4.69) is 61.3 Å². The molecular weight excluding hydrogens is 282 g/mol. The Morgan fingerprint density at radius 1 is 1.05 bits per heavy atom. The SMILES string of the molecule is CCN(C)c1nc(N(C)CCCN(C)C)nc2ccsc12. The van der Waals surface area contributed by atoms with E-state index in [1.807, 2.05) is 0 Å². The van der Waals surface area contributed by atoms with Gasteiger partial charge in [-0.15, -0.1) is 11.3 Å². The topological polar surface area (TPSA) is 35.5 Å². The molecule has 5 nitrogen and oxygen atoms in total. The molecule has 2 aromatic rings. The van der Waals surface area contributed by atoms with Crippen molar-refractivity contribution < 1.29 is 0 Å². The summed E-state index contributed by atoms with van der Waals surface area (Å²) in [6, 6.07) is 2.08. The molecule has 0 amide bonds. The first kappa shape index (κ1) is 16.0. The van der Waals surface area contributed by atoms with E-state index in [4.69, 9.17) is 9.97 Å². The van der Waals surface area contributed by atoms with Gasteiger partial charge in [-0.1, -0.05) is 0 Å². The van der Waals surface area contributed by atoms with Crippen LogP contribution in [0, 0.1) is 0 Å². The summed E-state index contributed by atoms with van der Waals surface area (Å²) in [7, 11) is 8.35. The molecule has 2 heterocycles. The number of aromatic nitrogens is 2. The van der Waals surface area contributed by atoms with Crippen LogP contribution in [0.1, 0.15) is 13.3 Å². The molecule has 21 heavy (non-hydrogen) atoms. The van der Waals surface area contributed by atoms with Gasteiger partial charge in [-0.05, 0) is 45.4 Å². The van der Waals surface area contributed by atoms with Crippen LogP contribution < -0.4 is 9.80 Å². The number of thiophene rings is 1. The fourth-order valence-corrected chi connectivity index (χ4v) is 3.01. The molecule has 0 aliphatic rings. The van der Waals surface area contributed by atoms with Crippen molar-refractivity contribution in [3.63, 3.8) is 0 Å². The molecule has 0 unspecified atom stereocenters. The van der Waals surface area contributed by atoms with Crippen LogP contribution in [0.4, 0.5) is 11.8 Å². The quantitative estimate of drug-likeness (QED) is 0.785. The van der Waals surface area contributed by atoms with Gasteiger partial charge in [-0.3, -0.25) is 0 Å². The summed E-state index contributed by atoms with van der Waals surface area (Å²) in [5, 5.41) is 2.09. The predicted octanol–water partition coefficient (Wildman–Crippen LogP) is 2.54. The third-order valence-corrected chi connectivity index (χ3v) is 4.45. The summed E-state index contributed by atoms with van der Waals surface area (Å²) in [5.74, 6) is 1.85. The fraction of sp³-hybridized carbons (Fsp3) is 0.600. The minimum absolute atomic E-state index is 0.815. The zero-order valence-corrected chi connectivity index (χ0v) is 14.4. The Hall–Kier alpha value is -1.40. The average molecular weight is 307 g/mol. The van der Waals surface area contributed by atoms with Gasteiger partial charge >= 0.3 is 0 Å². The van der Waals surface area contributed by atoms with Crippen LogP contribution in [0.15, 0.2) is 11.4 Å². The summed E-state index contributed by atoms with van der Waals surface area (Å²) in [4.78, 5) is 16.0. The normalized spacial score (nSPS) is 11.3. The standard InChI is InChI=1S/C15H25N5S/c1-6-19(4)14-13-12(8-11-21-13)16-15(17-14)20(5)10-7-9-18(2)3/h8,11H,6-7,9-10H2,1-5H3. The fourth-order valence-electron chi connectivity index (χ4n) is 2.14. The molecule has 0 radical (unpaired) electrons. The van der Waals surface area contributed by atoms with E-state index in [1.54, 1.807) is 11.3 Å². The Labute approximate surface area is 131 Å². The lowest BCUT2D eigenvalue weighted by Crippen LogP contribution is -2.26. The van der Waals surface area contributed by atoms with Gasteiger partial charge in [0, 0.05) is 27.2 Å². The Kier molecular flexibility index (Phi) is 5.36. The van der Waals surface area contributed by atoms with Crippen LogP contribution in [0.3, 0.4) is 0 Å². The summed E-state index contributed by atoms with van der Waals surface area (Å²) in [5.41, 5.74) is 1.04. The van der Waals surface area contributed by atoms with E-state index >= 15 is 0 Å². The Morgan fingerprint density at radius 2 is 1.81 bits per heavy atom. The lowest BCUT2D eigenvalue weighted by atomic mass is 10.3. The molecule has 116 valence electrons. The highest BCUT2D eigenvalue weighted by Gasteiger charge is 2.14. The van der Waals surface area contributed by atoms with Crippen molar-refractivity contribution in [2.75, 3.05) is 57.6 Å². The maximum Gasteiger partial charge on any atom is 0.227 e. The lowest BCUT2D eigenvalue weighted by molar-refractivity contribution is 0.401. The number of nitrogens with zero attached hydrogens (tertiary/aromatic N) is 5. The maximum absolute atomic E-state index is 4.78. The lowest BCUT2D eigenvalue weighted by Gasteiger charge is -2.22. The first-order valence-corrected chi connectivity index (χ1v) is 8.23. The number of anilines is 2. The molecule has 0 spiro atoms. The molecule has 2 rings (SSSR count). The van der Waals surface area contributed by atoms with Gasteiger partial charge < -0.3 is 14.7 Å². The minimum atomic E-state index is 0.815. The van der Waals surface area contributed by atoms with Gasteiger partial charge in [-0.25, -0.2) is 4.98 Å². The van der Waals surface area contributed by atoms with E-state index in [-0.39, 0.29) is 0 Å². The smallest absolute Gasteiger partial charge is 0.227 e. The van der Waals surface area contributed by atoms with Gasteiger partial charge in [0.1, 0.15) is 0 Å². The van der Waals surface area contributed by atoms with Crippen molar-refractivity contribution >= 4 is 33.3 Å². The Morgan fingerprint density at radius 3 is 2.48 bits per heavy atom. The number of rotatable bonds is 7. The largest absolute Gasteiger partial charge is 0.359 e. The molecule has 0 aliphatic carbocycles. The Balaban J connectivity index is 2.23. The zero-order chi connectivity index (χ0) is 15.4. The summed E-state index contributed by atoms with van der Waals surface area (Å²) >= 11 is 1.71. The first-order valence-electron chi connectivity index (χ1n) is 7.35. The van der Waals surface area contributed by atoms with E-state index in [0.29, 0.717) is 0 Å². The number of hydrogen-bond acceptors (Lipinski definition) is 6. The van der Waals surface area contributed by atoms with Gasteiger partial charge in [-0.2, -0.15) is 4.98 Å². The third kappa shape index (κ3) is 3.83. The van der Waals surface area contributed by atoms with Crippen LogP contribution in [0.25, 0.3) is 10.2 Å². The molecule has 0 bridgehead atoms. The summed E-state index contributed by atoms with van der Waals surface area (Å²) in [6.07, 6.45) is 1.10. The molecule has 0 aromatic carbocycles. The van der Waals surface area contributed by atoms with Crippen LogP contribution in [-0.2, 0) is 0 Å². The molecule has 6 heteroatoms. The molecule has 0 fully saturated rings. The van der Waals surface area contributed by atoms with Crippen molar-refractivity contribution in [2.45, 2.75) is 13.3 Å². The molecule has 0 saturated carbocycles. The van der Waals surface area contributed by atoms with Crippen LogP contribution in [-0.4, -0.2) is 62.7 Å². The van der Waals surface area contributed by atoms with E-state index in [0.717, 1.165) is 43.3 Å². The Bertz CT molecular complexity index is 580. The molecule has 0 saturated heterocycles. The molecule has 0 atom stereocenters. The monoisotopic (exact) mass is 307 g/mol. The van der Waals surface area contributed by atoms with Crippen LogP contribution >= 0.6 is 11.3 Å². The zero-order valence-electron chi connectivity index (χ0n) is 13.6. The van der Waals surface area contributed by atoms with Gasteiger partial charge in [0.25, 0.3) is 0 Å². The predicted molar refractivity (Wildman–Crippen MR) is 92.8 cm³/mol. The van der Waals surface area contributed by atoms with Gasteiger partial charge in [0.15, 0.2) is 5.82 Å². The molecular formula is C15H25N5S. The van der Waals surface area contributed by atoms with E-state index < -0.39 is 0 Å². The molecule has 0 N–H and O–H groups in total. The number of fused-ring (bicyclic) bond motifs is 1. The van der Waals surface area contributed by atoms with Crippen LogP contribution in [0.2, 0.25) is 0 Å². The molecule has 2 aromatic heterocycles. The highest BCUT2D eigenvalue weighted by Crippen LogP contribution is 2.30. The third-order valence-electron chi connectivity index (χ3n) is 3.55. The second kappa shape index (κ2) is 7.04. The maximum atomic E-state index is 4.78. The second-order valence-corrected chi connectivity index (χ2v) is 6.49. The first-order chi connectivity index (χ1) is 10.0. The average Bonchev–Trinajstić information content (AvgIpc) is 2.93. The van der Waals surface area contributed by atoms with Crippen molar-refractivity contribution in [3.05, 3.63) is 11.4 Å². The minimum Gasteiger partial charge on any atom is -0.359 e. The van der Waals surface area contributed by atoms with Gasteiger partial charge in [0.2, 0.25) is 5.95 Å². The summed E-state index contributed by atoms with van der Waals surface area (Å²) in [6.45, 7) is 5.12. The van der Waals surface area contributed by atoms with Crippen molar-refractivity contribution in [3.8, 4) is 0 Å². The van der Waals surface area contributed by atoms with Gasteiger partial charge in [0.05, 0.1) is 10.2 Å². The number of hydrogen-bond donors (Lipinski definition) is 0. The van der Waals surface area contributed by atoms with Crippen molar-refractivity contribution in [1.82, 2.24) is 14.9 Å². The van der Waals surface area contributed by atoms with Crippen molar-refractivity contribution in [1.29, 1.82) is 0 Å². The highest BCUT2D eigenvalue weighted by molar-refractivity contribution is 7.17. The van der Waals surface area contributed by atoms with Crippen LogP contribution in [0.5, 0.6) is 0 Å². The van der Waals surface area contributed by atoms with E-state index in [1.165, 1.54) is 4.70 Å². The van der Waals surface area contributed by atoms with E-state index in [9.17, 15) is 0 Å². The van der Waals surface area contributed by atoms with Crippen molar-refractivity contribution in [2.24, 2.45) is 0 Å². The molecule has 0 aliphatic heterocycles.